The lowest BCUT2D eigenvalue weighted by Gasteiger charge is -2.34. The van der Waals surface area contributed by atoms with E-state index in [4.69, 9.17) is 0 Å². The second-order valence-electron chi connectivity index (χ2n) is 5.86. The predicted molar refractivity (Wildman–Crippen MR) is 92.6 cm³/mol. The van der Waals surface area contributed by atoms with Crippen molar-refractivity contribution in [2.24, 2.45) is 14.1 Å². The summed E-state index contributed by atoms with van der Waals surface area (Å²) in [5, 5.41) is 7.51. The Bertz CT molecular complexity index is 828. The minimum atomic E-state index is -3.64. The maximum absolute atomic E-state index is 13.3. The van der Waals surface area contributed by atoms with Crippen LogP contribution in [0.4, 0.5) is 0 Å². The Kier molecular flexibility index (Phi) is 5.38. The fraction of sp³-hybridized carbons (Fsp3) is 0.571. The summed E-state index contributed by atoms with van der Waals surface area (Å²) >= 11 is 0. The van der Waals surface area contributed by atoms with Crippen LogP contribution < -0.4 is 5.32 Å². The number of nitrogens with zero attached hydrogens (tertiary/aromatic N) is 5. The second-order valence-corrected chi connectivity index (χ2v) is 7.68. The number of nitrogens with one attached hydrogen (secondary N) is 1. The maximum atomic E-state index is 13.3. The molecule has 0 spiro atoms. The Hall–Kier alpha value is -1.42. The van der Waals surface area contributed by atoms with E-state index in [0.29, 0.717) is 35.9 Å². The zero-order valence-corrected chi connectivity index (χ0v) is 15.9. The molecule has 2 aromatic rings. The number of aryl methyl sites for hydroxylation is 3. The van der Waals surface area contributed by atoms with E-state index in [-0.39, 0.29) is 18.4 Å². The van der Waals surface area contributed by atoms with Crippen LogP contribution >= 0.6 is 12.4 Å². The third-order valence-electron chi connectivity index (χ3n) is 4.36. The molecule has 1 saturated heterocycles. The molecule has 0 aliphatic carbocycles. The molecule has 0 radical (unpaired) electrons. The lowest BCUT2D eigenvalue weighted by molar-refractivity contribution is 0.258. The van der Waals surface area contributed by atoms with Gasteiger partial charge in [-0.3, -0.25) is 4.68 Å². The van der Waals surface area contributed by atoms with Crippen LogP contribution in [0.2, 0.25) is 0 Å². The third-order valence-corrected chi connectivity index (χ3v) is 6.52. The molecule has 24 heavy (non-hydrogen) atoms. The average Bonchev–Trinajstić information content (AvgIpc) is 3.03. The van der Waals surface area contributed by atoms with Crippen LogP contribution in [0.3, 0.4) is 0 Å². The lowest BCUT2D eigenvalue weighted by Crippen LogP contribution is -2.49. The van der Waals surface area contributed by atoms with Crippen molar-refractivity contribution in [1.29, 1.82) is 0 Å². The number of hydrogen-bond donors (Lipinski definition) is 1. The highest BCUT2D eigenvalue weighted by atomic mass is 35.5. The molecular formula is C14H23ClN6O2S. The van der Waals surface area contributed by atoms with Gasteiger partial charge in [0.2, 0.25) is 10.0 Å². The first-order valence-electron chi connectivity index (χ1n) is 7.54. The summed E-state index contributed by atoms with van der Waals surface area (Å²) in [5.41, 5.74) is 1.18. The molecule has 0 amide bonds. The summed E-state index contributed by atoms with van der Waals surface area (Å²) < 4.78 is 31.6. The van der Waals surface area contributed by atoms with E-state index in [1.165, 1.54) is 0 Å². The summed E-state index contributed by atoms with van der Waals surface area (Å²) in [6.07, 6.45) is 3.52. The Labute approximate surface area is 148 Å². The fourth-order valence-electron chi connectivity index (χ4n) is 3.14. The van der Waals surface area contributed by atoms with Gasteiger partial charge in [-0.1, -0.05) is 0 Å². The number of piperazine rings is 1. The van der Waals surface area contributed by atoms with Gasteiger partial charge in [0, 0.05) is 46.1 Å². The van der Waals surface area contributed by atoms with Crippen LogP contribution in [-0.2, 0) is 24.1 Å². The molecule has 1 fully saturated rings. The molecule has 8 nitrogen and oxygen atoms in total. The van der Waals surface area contributed by atoms with Gasteiger partial charge in [0.1, 0.15) is 10.7 Å². The standard InChI is InChI=1S/C14H22N6O2S.ClH/c1-10-13(11(2)19(4)17-10)23(21,22)20-8-5-15-9-12(20)14-16-6-7-18(14)3;/h6-7,12,15H,5,8-9H2,1-4H3;1H. The molecule has 1 aliphatic rings. The average molecular weight is 375 g/mol. The molecule has 0 bridgehead atoms. The van der Waals surface area contributed by atoms with Gasteiger partial charge in [-0.25, -0.2) is 13.4 Å². The number of aromatic nitrogens is 4. The largest absolute Gasteiger partial charge is 0.337 e. The van der Waals surface area contributed by atoms with Crippen molar-refractivity contribution in [3.05, 3.63) is 29.6 Å². The normalized spacial score (nSPS) is 19.2. The lowest BCUT2D eigenvalue weighted by atomic mass is 10.2. The minimum Gasteiger partial charge on any atom is -0.337 e. The summed E-state index contributed by atoms with van der Waals surface area (Å²) in [4.78, 5) is 4.65. The van der Waals surface area contributed by atoms with E-state index >= 15 is 0 Å². The topological polar surface area (TPSA) is 85.1 Å². The highest BCUT2D eigenvalue weighted by Gasteiger charge is 2.38. The van der Waals surface area contributed by atoms with E-state index in [1.807, 2.05) is 17.8 Å². The molecule has 1 unspecified atom stereocenters. The van der Waals surface area contributed by atoms with Gasteiger partial charge in [0.05, 0.1) is 17.4 Å². The number of hydrogen-bond acceptors (Lipinski definition) is 5. The molecule has 1 N–H and O–H groups in total. The molecule has 1 atom stereocenters. The zero-order chi connectivity index (χ0) is 16.8. The first kappa shape index (κ1) is 18.9. The first-order valence-corrected chi connectivity index (χ1v) is 8.98. The van der Waals surface area contributed by atoms with Crippen molar-refractivity contribution >= 4 is 22.4 Å². The van der Waals surface area contributed by atoms with Gasteiger partial charge in [0.15, 0.2) is 0 Å². The van der Waals surface area contributed by atoms with Crippen LogP contribution in [0.1, 0.15) is 23.3 Å². The van der Waals surface area contributed by atoms with Crippen molar-refractivity contribution < 1.29 is 8.42 Å². The molecular weight excluding hydrogens is 352 g/mol. The molecule has 3 heterocycles. The Morgan fingerprint density at radius 2 is 2.00 bits per heavy atom. The summed E-state index contributed by atoms with van der Waals surface area (Å²) in [5.74, 6) is 0.736. The van der Waals surface area contributed by atoms with E-state index in [1.54, 1.807) is 36.1 Å². The molecule has 0 aromatic carbocycles. The van der Waals surface area contributed by atoms with Gasteiger partial charge >= 0.3 is 0 Å². The van der Waals surface area contributed by atoms with Crippen LogP contribution in [-0.4, -0.2) is 51.7 Å². The van der Waals surface area contributed by atoms with Crippen LogP contribution in [0.15, 0.2) is 17.3 Å². The van der Waals surface area contributed by atoms with Crippen LogP contribution in [0.25, 0.3) is 0 Å². The fourth-order valence-corrected chi connectivity index (χ4v) is 5.13. The smallest absolute Gasteiger partial charge is 0.247 e. The van der Waals surface area contributed by atoms with E-state index < -0.39 is 10.0 Å². The SMILES string of the molecule is Cc1nn(C)c(C)c1S(=O)(=O)N1CCNCC1c1nccn1C.Cl. The monoisotopic (exact) mass is 374 g/mol. The highest BCUT2D eigenvalue weighted by molar-refractivity contribution is 7.89. The first-order chi connectivity index (χ1) is 10.8. The van der Waals surface area contributed by atoms with Crippen molar-refractivity contribution in [3.8, 4) is 0 Å². The number of halogens is 1. The molecule has 0 saturated carbocycles. The summed E-state index contributed by atoms with van der Waals surface area (Å²) in [6, 6.07) is -0.326. The van der Waals surface area contributed by atoms with E-state index in [9.17, 15) is 8.42 Å². The Balaban J connectivity index is 0.00000208. The molecule has 1 aliphatic heterocycles. The minimum absolute atomic E-state index is 0. The van der Waals surface area contributed by atoms with Crippen molar-refractivity contribution in [3.63, 3.8) is 0 Å². The number of rotatable bonds is 3. The van der Waals surface area contributed by atoms with E-state index in [0.717, 1.165) is 5.82 Å². The predicted octanol–water partition coefficient (Wildman–Crippen LogP) is 0.527. The number of sulfonamides is 1. The van der Waals surface area contributed by atoms with Gasteiger partial charge in [-0.2, -0.15) is 9.40 Å². The van der Waals surface area contributed by atoms with Gasteiger partial charge < -0.3 is 9.88 Å². The van der Waals surface area contributed by atoms with Crippen LogP contribution in [0, 0.1) is 13.8 Å². The van der Waals surface area contributed by atoms with Crippen molar-refractivity contribution in [2.75, 3.05) is 19.6 Å². The Morgan fingerprint density at radius 1 is 1.29 bits per heavy atom. The number of imidazole rings is 1. The quantitative estimate of drug-likeness (QED) is 0.847. The molecule has 10 heteroatoms. The van der Waals surface area contributed by atoms with Crippen molar-refractivity contribution in [2.45, 2.75) is 24.8 Å². The summed E-state index contributed by atoms with van der Waals surface area (Å²) in [6.45, 7) is 5.09. The third kappa shape index (κ3) is 2.97. The van der Waals surface area contributed by atoms with E-state index in [2.05, 4.69) is 15.4 Å². The highest BCUT2D eigenvalue weighted by Crippen LogP contribution is 2.30. The Morgan fingerprint density at radius 3 is 2.54 bits per heavy atom. The summed E-state index contributed by atoms with van der Waals surface area (Å²) in [7, 11) is -0.00128. The maximum Gasteiger partial charge on any atom is 0.247 e. The van der Waals surface area contributed by atoms with Gasteiger partial charge in [0.25, 0.3) is 0 Å². The van der Waals surface area contributed by atoms with Crippen LogP contribution in [0.5, 0.6) is 0 Å². The van der Waals surface area contributed by atoms with Crippen molar-refractivity contribution in [1.82, 2.24) is 29.0 Å². The second kappa shape index (κ2) is 6.83. The molecule has 3 rings (SSSR count). The molecule has 134 valence electrons. The van der Waals surface area contributed by atoms with Gasteiger partial charge in [-0.05, 0) is 13.8 Å². The van der Waals surface area contributed by atoms with Gasteiger partial charge in [-0.15, -0.1) is 12.4 Å². The molecule has 2 aromatic heterocycles. The zero-order valence-electron chi connectivity index (χ0n) is 14.2.